The maximum absolute atomic E-state index is 11.9. The van der Waals surface area contributed by atoms with E-state index >= 15 is 0 Å². The van der Waals surface area contributed by atoms with Crippen LogP contribution < -0.4 is 4.72 Å². The van der Waals surface area contributed by atoms with Gasteiger partial charge in [0, 0.05) is 4.88 Å². The van der Waals surface area contributed by atoms with Crippen LogP contribution in [0, 0.1) is 0 Å². The summed E-state index contributed by atoms with van der Waals surface area (Å²) in [5, 5.41) is 8.99. The number of sulfonamides is 1. The zero-order valence-corrected chi connectivity index (χ0v) is 12.5. The number of nitrogens with one attached hydrogen (secondary N) is 1. The largest absolute Gasteiger partial charge is 0.478 e. The van der Waals surface area contributed by atoms with Crippen LogP contribution in [0.2, 0.25) is 0 Å². The first-order valence-electron chi connectivity index (χ1n) is 6.22. The Morgan fingerprint density at radius 1 is 1.32 bits per heavy atom. The van der Waals surface area contributed by atoms with Crippen LogP contribution in [0.1, 0.15) is 47.5 Å². The molecule has 0 aliphatic heterocycles. The Morgan fingerprint density at radius 3 is 2.53 bits per heavy atom. The molecule has 0 spiro atoms. The molecule has 0 unspecified atom stereocenters. The van der Waals surface area contributed by atoms with E-state index in [1.54, 1.807) is 13.8 Å². The van der Waals surface area contributed by atoms with E-state index in [2.05, 4.69) is 4.72 Å². The van der Waals surface area contributed by atoms with Gasteiger partial charge in [-0.2, -0.15) is 0 Å². The fourth-order valence-corrected chi connectivity index (χ4v) is 4.36. The molecule has 0 fully saturated rings. The Labute approximate surface area is 116 Å². The number of aryl methyl sites for hydroxylation is 1. The summed E-state index contributed by atoms with van der Waals surface area (Å²) >= 11 is 1.26. The molecule has 1 aromatic heterocycles. The molecule has 0 saturated carbocycles. The van der Waals surface area contributed by atoms with Gasteiger partial charge in [0.15, 0.2) is 0 Å². The van der Waals surface area contributed by atoms with Crippen molar-refractivity contribution >= 4 is 32.3 Å². The molecule has 0 bridgehead atoms. The molecule has 0 radical (unpaired) electrons. The van der Waals surface area contributed by atoms with Crippen LogP contribution >= 0.6 is 11.3 Å². The highest BCUT2D eigenvalue weighted by atomic mass is 32.2. The minimum atomic E-state index is -3.51. The van der Waals surface area contributed by atoms with Crippen LogP contribution in [0.5, 0.6) is 0 Å². The summed E-state index contributed by atoms with van der Waals surface area (Å²) in [6.07, 6.45) is 3.55. The van der Waals surface area contributed by atoms with Crippen molar-refractivity contribution in [2.75, 3.05) is 4.72 Å². The number of rotatable bonds is 4. The van der Waals surface area contributed by atoms with E-state index < -0.39 is 21.2 Å². The molecule has 2 rings (SSSR count). The topological polar surface area (TPSA) is 83.5 Å². The van der Waals surface area contributed by atoms with Crippen LogP contribution in [-0.2, 0) is 22.9 Å². The van der Waals surface area contributed by atoms with E-state index in [0.29, 0.717) is 0 Å². The van der Waals surface area contributed by atoms with Crippen molar-refractivity contribution in [2.24, 2.45) is 0 Å². The molecule has 0 saturated heterocycles. The number of carbonyl (C=O) groups is 1. The maximum atomic E-state index is 11.9. The van der Waals surface area contributed by atoms with Gasteiger partial charge in [0.1, 0.15) is 5.00 Å². The summed E-state index contributed by atoms with van der Waals surface area (Å²) in [7, 11) is -3.51. The van der Waals surface area contributed by atoms with Gasteiger partial charge in [-0.25, -0.2) is 13.2 Å². The van der Waals surface area contributed by atoms with Gasteiger partial charge in [-0.05, 0) is 45.1 Å². The summed E-state index contributed by atoms with van der Waals surface area (Å²) in [6, 6.07) is 0. The molecule has 1 aliphatic carbocycles. The first-order valence-corrected chi connectivity index (χ1v) is 8.58. The quantitative estimate of drug-likeness (QED) is 0.895. The normalized spacial score (nSPS) is 15.3. The van der Waals surface area contributed by atoms with Gasteiger partial charge in [-0.15, -0.1) is 11.3 Å². The lowest BCUT2D eigenvalue weighted by Crippen LogP contribution is -2.23. The third-order valence-corrected chi connectivity index (χ3v) is 6.31. The first-order chi connectivity index (χ1) is 8.83. The van der Waals surface area contributed by atoms with Gasteiger partial charge in [-0.1, -0.05) is 0 Å². The Bertz CT molecular complexity index is 601. The number of hydrogen-bond acceptors (Lipinski definition) is 4. The van der Waals surface area contributed by atoms with Crippen LogP contribution in [0.4, 0.5) is 5.00 Å². The highest BCUT2D eigenvalue weighted by Crippen LogP contribution is 2.38. The number of hydrogen-bond donors (Lipinski definition) is 2. The van der Waals surface area contributed by atoms with Crippen LogP contribution in [0.25, 0.3) is 0 Å². The fourth-order valence-electron chi connectivity index (χ4n) is 2.11. The van der Waals surface area contributed by atoms with E-state index in [-0.39, 0.29) is 10.6 Å². The number of carboxylic acid groups (broad SMARTS) is 1. The van der Waals surface area contributed by atoms with Gasteiger partial charge in [-0.3, -0.25) is 4.72 Å². The SMILES string of the molecule is CC(C)S(=O)(=O)Nc1sc2c(c1C(=O)O)CCCC2. The number of fused-ring (bicyclic) bond motifs is 1. The molecule has 0 aromatic carbocycles. The maximum Gasteiger partial charge on any atom is 0.339 e. The monoisotopic (exact) mass is 303 g/mol. The molecular weight excluding hydrogens is 286 g/mol. The van der Waals surface area contributed by atoms with Crippen molar-refractivity contribution in [1.82, 2.24) is 0 Å². The molecule has 7 heteroatoms. The van der Waals surface area contributed by atoms with Crippen molar-refractivity contribution < 1.29 is 18.3 Å². The minimum absolute atomic E-state index is 0.143. The molecule has 0 amide bonds. The zero-order valence-electron chi connectivity index (χ0n) is 10.9. The fraction of sp³-hybridized carbons (Fsp3) is 0.583. The molecule has 0 atom stereocenters. The van der Waals surface area contributed by atoms with Gasteiger partial charge in [0.2, 0.25) is 10.0 Å². The third kappa shape index (κ3) is 2.76. The summed E-state index contributed by atoms with van der Waals surface area (Å²) in [5.41, 5.74) is 0.953. The highest BCUT2D eigenvalue weighted by Gasteiger charge is 2.28. The summed E-state index contributed by atoms with van der Waals surface area (Å²) < 4.78 is 26.2. The lowest BCUT2D eigenvalue weighted by molar-refractivity contribution is 0.0697. The average molecular weight is 303 g/mol. The van der Waals surface area contributed by atoms with E-state index in [9.17, 15) is 18.3 Å². The first kappa shape index (κ1) is 14.3. The Kier molecular flexibility index (Phi) is 3.87. The third-order valence-electron chi connectivity index (χ3n) is 3.24. The summed E-state index contributed by atoms with van der Waals surface area (Å²) in [5.74, 6) is -1.05. The molecule has 1 heterocycles. The van der Waals surface area contributed by atoms with Gasteiger partial charge < -0.3 is 5.11 Å². The van der Waals surface area contributed by atoms with Crippen molar-refractivity contribution in [2.45, 2.75) is 44.8 Å². The Hall–Kier alpha value is -1.08. The Morgan fingerprint density at radius 2 is 1.95 bits per heavy atom. The number of thiophene rings is 1. The number of anilines is 1. The molecular formula is C12H17NO4S2. The minimum Gasteiger partial charge on any atom is -0.478 e. The van der Waals surface area contributed by atoms with E-state index in [1.165, 1.54) is 11.3 Å². The van der Waals surface area contributed by atoms with Crippen LogP contribution in [0.3, 0.4) is 0 Å². The molecule has 19 heavy (non-hydrogen) atoms. The smallest absolute Gasteiger partial charge is 0.339 e. The second-order valence-corrected chi connectivity index (χ2v) is 8.26. The van der Waals surface area contributed by atoms with Gasteiger partial charge in [0.25, 0.3) is 0 Å². The van der Waals surface area contributed by atoms with Gasteiger partial charge in [0.05, 0.1) is 10.8 Å². The van der Waals surface area contributed by atoms with Crippen molar-refractivity contribution in [1.29, 1.82) is 0 Å². The molecule has 1 aliphatic rings. The molecule has 106 valence electrons. The average Bonchev–Trinajstić information content (AvgIpc) is 2.65. The van der Waals surface area contributed by atoms with Crippen molar-refractivity contribution in [3.8, 4) is 0 Å². The predicted octanol–water partition coefficient (Wildman–Crippen LogP) is 2.48. The van der Waals surface area contributed by atoms with Crippen molar-refractivity contribution in [3.05, 3.63) is 16.0 Å². The standard InChI is InChI=1S/C12H17NO4S2/c1-7(2)19(16,17)13-11-10(12(14)15)8-5-3-4-6-9(8)18-11/h7,13H,3-6H2,1-2H3,(H,14,15). The second-order valence-electron chi connectivity index (χ2n) is 4.92. The summed E-state index contributed by atoms with van der Waals surface area (Å²) in [4.78, 5) is 12.4. The second kappa shape index (κ2) is 5.13. The number of aromatic carboxylic acids is 1. The molecule has 2 N–H and O–H groups in total. The van der Waals surface area contributed by atoms with Crippen LogP contribution in [0.15, 0.2) is 0 Å². The molecule has 5 nitrogen and oxygen atoms in total. The highest BCUT2D eigenvalue weighted by molar-refractivity contribution is 7.93. The summed E-state index contributed by atoms with van der Waals surface area (Å²) in [6.45, 7) is 3.13. The Balaban J connectivity index is 2.46. The molecule has 1 aromatic rings. The predicted molar refractivity (Wildman–Crippen MR) is 75.6 cm³/mol. The van der Waals surface area contributed by atoms with Crippen molar-refractivity contribution in [3.63, 3.8) is 0 Å². The zero-order chi connectivity index (χ0) is 14.2. The lowest BCUT2D eigenvalue weighted by atomic mass is 9.96. The van der Waals surface area contributed by atoms with Gasteiger partial charge >= 0.3 is 5.97 Å². The lowest BCUT2D eigenvalue weighted by Gasteiger charge is -2.11. The van der Waals surface area contributed by atoms with Crippen LogP contribution in [-0.4, -0.2) is 24.7 Å². The number of carboxylic acids is 1. The van der Waals surface area contributed by atoms with E-state index in [1.807, 2.05) is 0 Å². The van der Waals surface area contributed by atoms with E-state index in [4.69, 9.17) is 0 Å². The van der Waals surface area contributed by atoms with E-state index in [0.717, 1.165) is 36.1 Å².